The van der Waals surface area contributed by atoms with E-state index in [1.165, 1.54) is 0 Å². The van der Waals surface area contributed by atoms with Crippen LogP contribution >= 0.6 is 0 Å². The highest BCUT2D eigenvalue weighted by molar-refractivity contribution is 5.74. The van der Waals surface area contributed by atoms with Gasteiger partial charge in [-0.1, -0.05) is 0 Å². The van der Waals surface area contributed by atoms with E-state index in [0.717, 1.165) is 26.2 Å². The Balaban J connectivity index is 2.26. The number of rotatable bonds is 4. The molecule has 0 unspecified atom stereocenters. The first-order valence-electron chi connectivity index (χ1n) is 5.54. The number of aliphatic carboxylic acids is 1. The SMILES string of the molecule is CN(CCCC(=O)O)C(=O)N1CCNCC1. The van der Waals surface area contributed by atoms with Crippen molar-refractivity contribution in [2.24, 2.45) is 0 Å². The molecule has 6 heteroatoms. The molecule has 1 aliphatic rings. The molecule has 2 amide bonds. The van der Waals surface area contributed by atoms with Gasteiger partial charge in [0.05, 0.1) is 0 Å². The van der Waals surface area contributed by atoms with Crippen molar-refractivity contribution in [1.82, 2.24) is 15.1 Å². The first kappa shape index (κ1) is 12.8. The van der Waals surface area contributed by atoms with Crippen molar-refractivity contribution in [1.29, 1.82) is 0 Å². The van der Waals surface area contributed by atoms with Crippen molar-refractivity contribution in [3.8, 4) is 0 Å². The molecular formula is C10H19N3O3. The maximum Gasteiger partial charge on any atom is 0.319 e. The Morgan fingerprint density at radius 3 is 2.56 bits per heavy atom. The first-order chi connectivity index (χ1) is 7.61. The molecule has 0 spiro atoms. The minimum atomic E-state index is -0.817. The third kappa shape index (κ3) is 4.06. The van der Waals surface area contributed by atoms with Crippen LogP contribution in [0.1, 0.15) is 12.8 Å². The van der Waals surface area contributed by atoms with Gasteiger partial charge < -0.3 is 20.2 Å². The van der Waals surface area contributed by atoms with Gasteiger partial charge in [0, 0.05) is 46.2 Å². The highest BCUT2D eigenvalue weighted by Gasteiger charge is 2.19. The summed E-state index contributed by atoms with van der Waals surface area (Å²) in [6.45, 7) is 3.60. The molecule has 1 saturated heterocycles. The van der Waals surface area contributed by atoms with E-state index >= 15 is 0 Å². The van der Waals surface area contributed by atoms with E-state index in [0.29, 0.717) is 13.0 Å². The van der Waals surface area contributed by atoms with E-state index in [2.05, 4.69) is 5.32 Å². The molecule has 0 radical (unpaired) electrons. The number of carboxylic acids is 1. The molecule has 6 nitrogen and oxygen atoms in total. The lowest BCUT2D eigenvalue weighted by atomic mass is 10.3. The number of carbonyl (C=O) groups is 2. The van der Waals surface area contributed by atoms with Gasteiger partial charge in [0.1, 0.15) is 0 Å². The number of amides is 2. The average Bonchev–Trinajstić information content (AvgIpc) is 2.28. The van der Waals surface area contributed by atoms with Crippen LogP contribution in [-0.4, -0.2) is 66.7 Å². The van der Waals surface area contributed by atoms with Crippen LogP contribution in [-0.2, 0) is 4.79 Å². The van der Waals surface area contributed by atoms with Gasteiger partial charge in [0.15, 0.2) is 0 Å². The minimum absolute atomic E-state index is 0.00751. The molecule has 92 valence electrons. The molecule has 16 heavy (non-hydrogen) atoms. The van der Waals surface area contributed by atoms with E-state index < -0.39 is 5.97 Å². The van der Waals surface area contributed by atoms with Crippen LogP contribution in [0, 0.1) is 0 Å². The summed E-state index contributed by atoms with van der Waals surface area (Å²) in [7, 11) is 1.71. The van der Waals surface area contributed by atoms with Gasteiger partial charge >= 0.3 is 12.0 Å². The lowest BCUT2D eigenvalue weighted by Gasteiger charge is -2.31. The van der Waals surface area contributed by atoms with Gasteiger partial charge in [-0.3, -0.25) is 4.79 Å². The lowest BCUT2D eigenvalue weighted by Crippen LogP contribution is -2.50. The molecule has 0 aliphatic carbocycles. The number of hydrogen-bond acceptors (Lipinski definition) is 3. The molecule has 1 heterocycles. The molecule has 0 bridgehead atoms. The molecule has 0 atom stereocenters. The second kappa shape index (κ2) is 6.32. The van der Waals surface area contributed by atoms with Crippen LogP contribution in [0.15, 0.2) is 0 Å². The minimum Gasteiger partial charge on any atom is -0.481 e. The van der Waals surface area contributed by atoms with E-state index in [4.69, 9.17) is 5.11 Å². The number of nitrogens with one attached hydrogen (secondary N) is 1. The molecule has 1 rings (SSSR count). The number of piperazine rings is 1. The number of carboxylic acid groups (broad SMARTS) is 1. The Morgan fingerprint density at radius 2 is 2.00 bits per heavy atom. The van der Waals surface area contributed by atoms with Crippen molar-refractivity contribution in [2.75, 3.05) is 39.8 Å². The summed E-state index contributed by atoms with van der Waals surface area (Å²) in [6, 6.07) is -0.00751. The number of hydrogen-bond donors (Lipinski definition) is 2. The molecule has 0 saturated carbocycles. The van der Waals surface area contributed by atoms with Crippen molar-refractivity contribution >= 4 is 12.0 Å². The Hall–Kier alpha value is -1.30. The average molecular weight is 229 g/mol. The van der Waals surface area contributed by atoms with Crippen LogP contribution in [0.4, 0.5) is 4.79 Å². The maximum atomic E-state index is 11.9. The van der Waals surface area contributed by atoms with E-state index in [-0.39, 0.29) is 12.5 Å². The predicted molar refractivity (Wildman–Crippen MR) is 59.3 cm³/mol. The van der Waals surface area contributed by atoms with Gasteiger partial charge in [-0.25, -0.2) is 4.79 Å². The van der Waals surface area contributed by atoms with Crippen molar-refractivity contribution < 1.29 is 14.7 Å². The van der Waals surface area contributed by atoms with Gasteiger partial charge in [0.25, 0.3) is 0 Å². The fraction of sp³-hybridized carbons (Fsp3) is 0.800. The topological polar surface area (TPSA) is 72.9 Å². The zero-order valence-corrected chi connectivity index (χ0v) is 9.61. The molecule has 1 fully saturated rings. The Kier molecular flexibility index (Phi) is 5.04. The van der Waals surface area contributed by atoms with Crippen molar-refractivity contribution in [3.05, 3.63) is 0 Å². The van der Waals surface area contributed by atoms with Gasteiger partial charge in [-0.2, -0.15) is 0 Å². The van der Waals surface area contributed by atoms with Crippen LogP contribution < -0.4 is 5.32 Å². The quantitative estimate of drug-likeness (QED) is 0.700. The summed E-state index contributed by atoms with van der Waals surface area (Å²) in [5.41, 5.74) is 0. The van der Waals surface area contributed by atoms with Crippen LogP contribution in [0.5, 0.6) is 0 Å². The standard InChI is InChI=1S/C10H19N3O3/c1-12(6-2-3-9(14)15)10(16)13-7-4-11-5-8-13/h11H,2-8H2,1H3,(H,14,15). The molecular weight excluding hydrogens is 210 g/mol. The highest BCUT2D eigenvalue weighted by atomic mass is 16.4. The first-order valence-corrected chi connectivity index (χ1v) is 5.54. The molecule has 0 aromatic heterocycles. The molecule has 0 aromatic carbocycles. The Bertz CT molecular complexity index is 252. The van der Waals surface area contributed by atoms with Gasteiger partial charge in [-0.05, 0) is 6.42 Å². The highest BCUT2D eigenvalue weighted by Crippen LogP contribution is 2.01. The summed E-state index contributed by atoms with van der Waals surface area (Å²) in [5.74, 6) is -0.817. The zero-order valence-electron chi connectivity index (χ0n) is 9.61. The third-order valence-corrected chi connectivity index (χ3v) is 2.60. The predicted octanol–water partition coefficient (Wildman–Crippen LogP) is -0.192. The summed E-state index contributed by atoms with van der Waals surface area (Å²) in [4.78, 5) is 25.6. The smallest absolute Gasteiger partial charge is 0.319 e. The van der Waals surface area contributed by atoms with E-state index in [1.54, 1.807) is 16.8 Å². The van der Waals surface area contributed by atoms with Crippen LogP contribution in [0.3, 0.4) is 0 Å². The second-order valence-electron chi connectivity index (χ2n) is 3.94. The lowest BCUT2D eigenvalue weighted by molar-refractivity contribution is -0.137. The molecule has 1 aliphatic heterocycles. The van der Waals surface area contributed by atoms with Crippen LogP contribution in [0.25, 0.3) is 0 Å². The Labute approximate surface area is 95.2 Å². The van der Waals surface area contributed by atoms with Gasteiger partial charge in [0.2, 0.25) is 0 Å². The Morgan fingerprint density at radius 1 is 1.38 bits per heavy atom. The van der Waals surface area contributed by atoms with E-state index in [9.17, 15) is 9.59 Å². The maximum absolute atomic E-state index is 11.9. The van der Waals surface area contributed by atoms with E-state index in [1.807, 2.05) is 0 Å². The fourth-order valence-corrected chi connectivity index (χ4v) is 1.66. The summed E-state index contributed by atoms with van der Waals surface area (Å²) >= 11 is 0. The summed E-state index contributed by atoms with van der Waals surface area (Å²) in [6.07, 6.45) is 0.614. The third-order valence-electron chi connectivity index (χ3n) is 2.60. The van der Waals surface area contributed by atoms with Crippen LogP contribution in [0.2, 0.25) is 0 Å². The molecule has 2 N–H and O–H groups in total. The largest absolute Gasteiger partial charge is 0.481 e. The summed E-state index contributed by atoms with van der Waals surface area (Å²) < 4.78 is 0. The normalized spacial score (nSPS) is 15.9. The number of urea groups is 1. The zero-order chi connectivity index (χ0) is 12.0. The monoisotopic (exact) mass is 229 g/mol. The molecule has 0 aromatic rings. The number of carbonyl (C=O) groups excluding carboxylic acids is 1. The fourth-order valence-electron chi connectivity index (χ4n) is 1.66. The van der Waals surface area contributed by atoms with Crippen molar-refractivity contribution in [3.63, 3.8) is 0 Å². The second-order valence-corrected chi connectivity index (χ2v) is 3.94. The number of nitrogens with zero attached hydrogens (tertiary/aromatic N) is 2. The van der Waals surface area contributed by atoms with Gasteiger partial charge in [-0.15, -0.1) is 0 Å². The summed E-state index contributed by atoms with van der Waals surface area (Å²) in [5, 5.41) is 11.7. The van der Waals surface area contributed by atoms with Crippen molar-refractivity contribution in [2.45, 2.75) is 12.8 Å².